The lowest BCUT2D eigenvalue weighted by Gasteiger charge is -2.36. The summed E-state index contributed by atoms with van der Waals surface area (Å²) in [5.74, 6) is 0. The van der Waals surface area contributed by atoms with Crippen LogP contribution in [-0.4, -0.2) is 61.3 Å². The van der Waals surface area contributed by atoms with Gasteiger partial charge in [-0.15, -0.1) is 0 Å². The molecule has 5 nitrogen and oxygen atoms in total. The average molecular weight is 448 g/mol. The van der Waals surface area contributed by atoms with E-state index in [9.17, 15) is 4.79 Å². The predicted octanol–water partition coefficient (Wildman–Crippen LogP) is 5.45. The summed E-state index contributed by atoms with van der Waals surface area (Å²) in [6, 6.07) is 19.0. The van der Waals surface area contributed by atoms with Gasteiger partial charge in [0, 0.05) is 45.5 Å². The molecular formula is C28H37N3O2. The zero-order chi connectivity index (χ0) is 23.8. The molecule has 0 atom stereocenters. The number of carbonyl (C=O) groups excluding carboxylic acids is 1. The molecule has 2 aromatic rings. The molecule has 1 amide bonds. The highest BCUT2D eigenvalue weighted by Gasteiger charge is 2.25. The van der Waals surface area contributed by atoms with E-state index in [0.29, 0.717) is 13.1 Å². The van der Waals surface area contributed by atoms with Crippen molar-refractivity contribution >= 4 is 17.4 Å². The number of piperazine rings is 1. The second-order valence-electron chi connectivity index (χ2n) is 9.56. The van der Waals surface area contributed by atoms with Gasteiger partial charge in [-0.2, -0.15) is 0 Å². The first kappa shape index (κ1) is 24.4. The van der Waals surface area contributed by atoms with E-state index in [1.165, 1.54) is 11.3 Å². The lowest BCUT2D eigenvalue weighted by molar-refractivity contribution is 0.0240. The highest BCUT2D eigenvalue weighted by atomic mass is 16.6. The molecule has 0 N–H and O–H groups in total. The molecule has 1 aliphatic rings. The third-order valence-corrected chi connectivity index (χ3v) is 5.66. The summed E-state index contributed by atoms with van der Waals surface area (Å²) in [5.41, 5.74) is 4.15. The Kier molecular flexibility index (Phi) is 8.21. The normalized spacial score (nSPS) is 14.4. The number of hydrogen-bond acceptors (Lipinski definition) is 4. The van der Waals surface area contributed by atoms with E-state index in [0.717, 1.165) is 37.2 Å². The van der Waals surface area contributed by atoms with Gasteiger partial charge in [0.25, 0.3) is 0 Å². The maximum atomic E-state index is 12.3. The first-order valence-electron chi connectivity index (χ1n) is 11.7. The summed E-state index contributed by atoms with van der Waals surface area (Å²) in [6.45, 7) is 13.8. The van der Waals surface area contributed by atoms with E-state index in [1.54, 1.807) is 4.90 Å². The summed E-state index contributed by atoms with van der Waals surface area (Å²) in [6.07, 6.45) is 4.95. The van der Waals surface area contributed by atoms with Crippen molar-refractivity contribution in [1.82, 2.24) is 9.80 Å². The number of likely N-dealkylation sites (N-methyl/N-ethyl adjacent to an activating group) is 1. The molecule has 0 aliphatic carbocycles. The van der Waals surface area contributed by atoms with E-state index < -0.39 is 5.60 Å². The molecule has 1 fully saturated rings. The van der Waals surface area contributed by atoms with Crippen LogP contribution in [-0.2, 0) is 11.2 Å². The van der Waals surface area contributed by atoms with Crippen molar-refractivity contribution in [2.75, 3.05) is 44.7 Å². The number of hydrogen-bond donors (Lipinski definition) is 0. The first-order valence-corrected chi connectivity index (χ1v) is 11.7. The molecule has 1 aliphatic heterocycles. The number of ether oxygens (including phenoxy) is 1. The van der Waals surface area contributed by atoms with Crippen LogP contribution in [0.2, 0.25) is 0 Å². The monoisotopic (exact) mass is 447 g/mol. The molecular weight excluding hydrogens is 410 g/mol. The minimum atomic E-state index is -0.461. The van der Waals surface area contributed by atoms with Crippen LogP contribution < -0.4 is 4.90 Å². The summed E-state index contributed by atoms with van der Waals surface area (Å²) < 4.78 is 5.49. The van der Waals surface area contributed by atoms with Gasteiger partial charge in [0.05, 0.1) is 0 Å². The summed E-state index contributed by atoms with van der Waals surface area (Å²) >= 11 is 0. The molecule has 0 aromatic heterocycles. The van der Waals surface area contributed by atoms with Crippen molar-refractivity contribution < 1.29 is 9.53 Å². The van der Waals surface area contributed by atoms with E-state index in [2.05, 4.69) is 84.2 Å². The second kappa shape index (κ2) is 11.1. The minimum Gasteiger partial charge on any atom is -0.444 e. The molecule has 1 saturated heterocycles. The molecule has 5 heteroatoms. The molecule has 1 heterocycles. The van der Waals surface area contributed by atoms with Crippen molar-refractivity contribution in [1.29, 1.82) is 0 Å². The maximum absolute atomic E-state index is 12.3. The fraction of sp³-hybridized carbons (Fsp3) is 0.393. The van der Waals surface area contributed by atoms with Gasteiger partial charge in [0.2, 0.25) is 0 Å². The van der Waals surface area contributed by atoms with Gasteiger partial charge in [-0.25, -0.2) is 4.79 Å². The van der Waals surface area contributed by atoms with Crippen molar-refractivity contribution in [2.24, 2.45) is 0 Å². The quantitative estimate of drug-likeness (QED) is 0.529. The number of allylic oxidation sites excluding steroid dienone is 2. The number of nitrogens with zero attached hydrogens (tertiary/aromatic N) is 3. The smallest absolute Gasteiger partial charge is 0.410 e. The summed E-state index contributed by atoms with van der Waals surface area (Å²) in [4.78, 5) is 18.6. The standard InChI is InChI=1S/C28H37N3O2/c1-23(15-17-29(5)18-16-24-9-7-6-8-10-24)25-11-13-26(14-12-25)30-19-21-31(22-20-30)27(32)33-28(2,3)4/h6-15,17H,1,16,18-22H2,2-5H3/b17-15-. The molecule has 0 bridgehead atoms. The molecule has 3 rings (SSSR count). The molecule has 0 radical (unpaired) electrons. The van der Waals surface area contributed by atoms with Crippen LogP contribution in [0.5, 0.6) is 0 Å². The van der Waals surface area contributed by atoms with E-state index in [4.69, 9.17) is 4.74 Å². The Morgan fingerprint density at radius 3 is 2.27 bits per heavy atom. The van der Waals surface area contributed by atoms with Gasteiger partial charge in [-0.05, 0) is 68.3 Å². The van der Waals surface area contributed by atoms with Crippen LogP contribution in [0.1, 0.15) is 31.9 Å². The zero-order valence-corrected chi connectivity index (χ0v) is 20.5. The molecule has 2 aromatic carbocycles. The van der Waals surface area contributed by atoms with Crippen LogP contribution >= 0.6 is 0 Å². The van der Waals surface area contributed by atoms with Crippen molar-refractivity contribution in [3.8, 4) is 0 Å². The molecule has 33 heavy (non-hydrogen) atoms. The molecule has 0 unspecified atom stereocenters. The van der Waals surface area contributed by atoms with Gasteiger partial charge in [0.1, 0.15) is 5.60 Å². The minimum absolute atomic E-state index is 0.227. The maximum Gasteiger partial charge on any atom is 0.410 e. The Balaban J connectivity index is 1.47. The van der Waals surface area contributed by atoms with Gasteiger partial charge >= 0.3 is 6.09 Å². The van der Waals surface area contributed by atoms with Gasteiger partial charge in [-0.3, -0.25) is 0 Å². The Morgan fingerprint density at radius 1 is 1.03 bits per heavy atom. The number of benzene rings is 2. The van der Waals surface area contributed by atoms with Crippen LogP contribution in [0, 0.1) is 0 Å². The van der Waals surface area contributed by atoms with Gasteiger partial charge in [-0.1, -0.05) is 49.0 Å². The highest BCUT2D eigenvalue weighted by Crippen LogP contribution is 2.22. The number of amides is 1. The summed E-state index contributed by atoms with van der Waals surface area (Å²) in [7, 11) is 2.09. The van der Waals surface area contributed by atoms with Crippen molar-refractivity contribution in [3.05, 3.63) is 84.6 Å². The fourth-order valence-corrected chi connectivity index (χ4v) is 3.70. The van der Waals surface area contributed by atoms with Crippen LogP contribution in [0.4, 0.5) is 10.5 Å². The largest absolute Gasteiger partial charge is 0.444 e. The van der Waals surface area contributed by atoms with Gasteiger partial charge < -0.3 is 19.4 Å². The highest BCUT2D eigenvalue weighted by molar-refractivity contribution is 5.73. The Morgan fingerprint density at radius 2 is 1.67 bits per heavy atom. The lowest BCUT2D eigenvalue weighted by Crippen LogP contribution is -2.50. The van der Waals surface area contributed by atoms with Gasteiger partial charge in [0.15, 0.2) is 0 Å². The first-order chi connectivity index (χ1) is 15.7. The number of anilines is 1. The third kappa shape index (κ3) is 7.70. The second-order valence-corrected chi connectivity index (χ2v) is 9.56. The van der Waals surface area contributed by atoms with Crippen LogP contribution in [0.15, 0.2) is 73.5 Å². The SMILES string of the molecule is C=C(/C=C\N(C)CCc1ccccc1)c1ccc(N2CCN(C(=O)OC(C)(C)C)CC2)cc1. The Labute approximate surface area is 198 Å². The lowest BCUT2D eigenvalue weighted by atomic mass is 10.1. The van der Waals surface area contributed by atoms with Crippen molar-refractivity contribution in [3.63, 3.8) is 0 Å². The third-order valence-electron chi connectivity index (χ3n) is 5.66. The van der Waals surface area contributed by atoms with E-state index in [-0.39, 0.29) is 6.09 Å². The van der Waals surface area contributed by atoms with Crippen LogP contribution in [0.25, 0.3) is 5.57 Å². The Bertz CT molecular complexity index is 937. The predicted molar refractivity (Wildman–Crippen MR) is 137 cm³/mol. The average Bonchev–Trinajstić information content (AvgIpc) is 2.81. The topological polar surface area (TPSA) is 36.0 Å². The zero-order valence-electron chi connectivity index (χ0n) is 20.5. The van der Waals surface area contributed by atoms with E-state index >= 15 is 0 Å². The number of rotatable bonds is 7. The Hall–Kier alpha value is -3.21. The molecule has 0 spiro atoms. The van der Waals surface area contributed by atoms with Crippen molar-refractivity contribution in [2.45, 2.75) is 32.8 Å². The summed E-state index contributed by atoms with van der Waals surface area (Å²) in [5, 5.41) is 0. The molecule has 0 saturated carbocycles. The molecule has 176 valence electrons. The fourth-order valence-electron chi connectivity index (χ4n) is 3.70. The van der Waals surface area contributed by atoms with E-state index in [1.807, 2.05) is 26.8 Å². The van der Waals surface area contributed by atoms with Crippen LogP contribution in [0.3, 0.4) is 0 Å². The number of carbonyl (C=O) groups is 1.